The number of hydrogen-bond acceptors (Lipinski definition) is 2. The topological polar surface area (TPSA) is 45.3 Å². The van der Waals surface area contributed by atoms with Crippen LogP contribution in [0.1, 0.15) is 54.2 Å². The number of methoxy groups -OCH3 is 1. The van der Waals surface area contributed by atoms with Gasteiger partial charge in [-0.2, -0.15) is 0 Å². The minimum Gasteiger partial charge on any atom is -0.377 e. The van der Waals surface area contributed by atoms with E-state index in [4.69, 9.17) is 4.74 Å². The number of likely N-dealkylation sites (tertiary alicyclic amines) is 1. The number of nitrogens with zero attached hydrogens (tertiary/aromatic N) is 1. The molecule has 2 aliphatic rings. The Hall–Kier alpha value is -2.07. The molecular formula is C22H28N2O2. The van der Waals surface area contributed by atoms with E-state index in [0.717, 1.165) is 44.5 Å². The van der Waals surface area contributed by atoms with Gasteiger partial charge in [0.05, 0.1) is 6.10 Å². The number of carbonyl (C=O) groups is 1. The molecule has 2 heterocycles. The minimum absolute atomic E-state index is 0.179. The average Bonchev–Trinajstić information content (AvgIpc) is 3.27. The van der Waals surface area contributed by atoms with Gasteiger partial charge in [-0.05, 0) is 55.9 Å². The van der Waals surface area contributed by atoms with Crippen molar-refractivity contribution in [2.75, 3.05) is 20.2 Å². The van der Waals surface area contributed by atoms with Gasteiger partial charge < -0.3 is 14.6 Å². The van der Waals surface area contributed by atoms with E-state index in [-0.39, 0.29) is 17.4 Å². The van der Waals surface area contributed by atoms with E-state index in [0.29, 0.717) is 6.42 Å². The van der Waals surface area contributed by atoms with E-state index in [1.165, 1.54) is 16.7 Å². The molecule has 1 fully saturated rings. The lowest BCUT2D eigenvalue weighted by atomic mass is 9.73. The van der Waals surface area contributed by atoms with Crippen LogP contribution >= 0.6 is 0 Å². The van der Waals surface area contributed by atoms with Crippen molar-refractivity contribution in [2.45, 2.75) is 50.5 Å². The molecule has 0 bridgehead atoms. The predicted octanol–water partition coefficient (Wildman–Crippen LogP) is 3.91. The van der Waals surface area contributed by atoms with Crippen molar-refractivity contribution in [2.24, 2.45) is 0 Å². The number of aromatic amines is 1. The highest BCUT2D eigenvalue weighted by Crippen LogP contribution is 2.52. The van der Waals surface area contributed by atoms with Crippen molar-refractivity contribution in [3.8, 4) is 0 Å². The van der Waals surface area contributed by atoms with Crippen LogP contribution in [0.5, 0.6) is 0 Å². The van der Waals surface area contributed by atoms with Crippen LogP contribution in [0.15, 0.2) is 36.5 Å². The molecule has 1 atom stereocenters. The molecule has 2 aromatic rings. The van der Waals surface area contributed by atoms with Gasteiger partial charge in [0.2, 0.25) is 5.91 Å². The maximum Gasteiger partial charge on any atom is 0.222 e. The van der Waals surface area contributed by atoms with Gasteiger partial charge in [-0.3, -0.25) is 4.79 Å². The number of amides is 1. The Bertz CT molecular complexity index is 773. The molecule has 4 nitrogen and oxygen atoms in total. The molecule has 1 aliphatic heterocycles. The largest absolute Gasteiger partial charge is 0.377 e. The van der Waals surface area contributed by atoms with Gasteiger partial charge in [0.1, 0.15) is 0 Å². The molecule has 4 heteroatoms. The van der Waals surface area contributed by atoms with Crippen molar-refractivity contribution in [1.29, 1.82) is 0 Å². The van der Waals surface area contributed by atoms with E-state index in [1.807, 2.05) is 25.4 Å². The van der Waals surface area contributed by atoms with E-state index < -0.39 is 0 Å². The van der Waals surface area contributed by atoms with Gasteiger partial charge in [0, 0.05) is 43.9 Å². The van der Waals surface area contributed by atoms with Crippen LogP contribution in [0, 0.1) is 6.92 Å². The number of carbonyl (C=O) groups excluding carboxylic acids is 1. The number of rotatable bonds is 4. The molecule has 1 N–H and O–H groups in total. The normalized spacial score (nSPS) is 21.2. The number of piperidine rings is 1. The molecule has 1 amide bonds. The molecule has 4 rings (SSSR count). The minimum atomic E-state index is 0.179. The molecule has 1 aromatic carbocycles. The van der Waals surface area contributed by atoms with Crippen molar-refractivity contribution < 1.29 is 9.53 Å². The van der Waals surface area contributed by atoms with Gasteiger partial charge in [-0.15, -0.1) is 0 Å². The second kappa shape index (κ2) is 6.92. The van der Waals surface area contributed by atoms with Crippen molar-refractivity contribution in [3.63, 3.8) is 0 Å². The summed E-state index contributed by atoms with van der Waals surface area (Å²) in [6, 6.07) is 10.8. The van der Waals surface area contributed by atoms with Gasteiger partial charge in [-0.1, -0.05) is 23.8 Å². The lowest BCUT2D eigenvalue weighted by Crippen LogP contribution is -2.44. The number of nitrogens with one attached hydrogen (secondary N) is 1. The van der Waals surface area contributed by atoms with Crippen LogP contribution < -0.4 is 0 Å². The first-order valence-corrected chi connectivity index (χ1v) is 9.65. The van der Waals surface area contributed by atoms with Crippen LogP contribution in [-0.2, 0) is 21.4 Å². The van der Waals surface area contributed by atoms with Gasteiger partial charge >= 0.3 is 0 Å². The van der Waals surface area contributed by atoms with Crippen LogP contribution in [-0.4, -0.2) is 36.0 Å². The number of aryl methyl sites for hydroxylation is 2. The van der Waals surface area contributed by atoms with E-state index in [1.54, 1.807) is 0 Å². The standard InChI is InChI=1S/C22H28N2O2/c1-16-5-7-18-19(14-16)22(15-20(18)26-2)9-12-24(13-10-22)21(25)8-6-17-4-3-11-23-17/h3-5,7,11,14,20,23H,6,8-10,12-13,15H2,1-2H3. The van der Waals surface area contributed by atoms with Gasteiger partial charge in [-0.25, -0.2) is 0 Å². The number of ether oxygens (including phenoxy) is 1. The summed E-state index contributed by atoms with van der Waals surface area (Å²) < 4.78 is 5.78. The Morgan fingerprint density at radius 3 is 2.81 bits per heavy atom. The lowest BCUT2D eigenvalue weighted by molar-refractivity contribution is -0.132. The molecule has 1 spiro atoms. The third kappa shape index (κ3) is 3.07. The number of H-pyrrole nitrogens is 1. The predicted molar refractivity (Wildman–Crippen MR) is 102 cm³/mol. The molecule has 0 saturated carbocycles. The molecule has 1 aliphatic carbocycles. The zero-order valence-electron chi connectivity index (χ0n) is 15.8. The number of aromatic nitrogens is 1. The zero-order valence-corrected chi connectivity index (χ0v) is 15.8. The Balaban J connectivity index is 1.43. The van der Waals surface area contributed by atoms with Crippen molar-refractivity contribution in [1.82, 2.24) is 9.88 Å². The van der Waals surface area contributed by atoms with Crippen molar-refractivity contribution >= 4 is 5.91 Å². The molecule has 26 heavy (non-hydrogen) atoms. The quantitative estimate of drug-likeness (QED) is 0.907. The Morgan fingerprint density at radius 2 is 2.12 bits per heavy atom. The summed E-state index contributed by atoms with van der Waals surface area (Å²) in [6.07, 6.45) is 6.62. The summed E-state index contributed by atoms with van der Waals surface area (Å²) in [4.78, 5) is 17.8. The second-order valence-corrected chi connectivity index (χ2v) is 7.88. The maximum absolute atomic E-state index is 12.6. The highest BCUT2D eigenvalue weighted by atomic mass is 16.5. The summed E-state index contributed by atoms with van der Waals surface area (Å²) in [6.45, 7) is 3.87. The van der Waals surface area contributed by atoms with E-state index in [9.17, 15) is 4.79 Å². The third-order valence-corrected chi connectivity index (χ3v) is 6.33. The smallest absolute Gasteiger partial charge is 0.222 e. The summed E-state index contributed by atoms with van der Waals surface area (Å²) in [7, 11) is 1.81. The Morgan fingerprint density at radius 1 is 1.31 bits per heavy atom. The van der Waals surface area contributed by atoms with Crippen LogP contribution in [0.3, 0.4) is 0 Å². The van der Waals surface area contributed by atoms with Gasteiger partial charge in [0.25, 0.3) is 0 Å². The fourth-order valence-electron chi connectivity index (χ4n) is 4.78. The SMILES string of the molecule is COC1CC2(CCN(C(=O)CCc3ccc[nH]3)CC2)c2cc(C)ccc21. The average molecular weight is 352 g/mol. The number of hydrogen-bond donors (Lipinski definition) is 1. The molecular weight excluding hydrogens is 324 g/mol. The number of fused-ring (bicyclic) bond motifs is 2. The lowest BCUT2D eigenvalue weighted by Gasteiger charge is -2.40. The first-order valence-electron chi connectivity index (χ1n) is 9.65. The fourth-order valence-corrected chi connectivity index (χ4v) is 4.78. The molecule has 0 radical (unpaired) electrons. The zero-order chi connectivity index (χ0) is 18.1. The first-order chi connectivity index (χ1) is 12.6. The van der Waals surface area contributed by atoms with E-state index >= 15 is 0 Å². The summed E-state index contributed by atoms with van der Waals surface area (Å²) in [5.41, 5.74) is 5.44. The molecule has 1 aromatic heterocycles. The van der Waals surface area contributed by atoms with E-state index in [2.05, 4.69) is 35.0 Å². The molecule has 1 saturated heterocycles. The highest BCUT2D eigenvalue weighted by molar-refractivity contribution is 5.76. The highest BCUT2D eigenvalue weighted by Gasteiger charge is 2.46. The second-order valence-electron chi connectivity index (χ2n) is 7.88. The first kappa shape index (κ1) is 17.3. The summed E-state index contributed by atoms with van der Waals surface area (Å²) in [5, 5.41) is 0. The fraction of sp³-hybridized carbons (Fsp3) is 0.500. The van der Waals surface area contributed by atoms with Crippen LogP contribution in [0.2, 0.25) is 0 Å². The van der Waals surface area contributed by atoms with Crippen LogP contribution in [0.25, 0.3) is 0 Å². The number of benzene rings is 1. The summed E-state index contributed by atoms with van der Waals surface area (Å²) >= 11 is 0. The summed E-state index contributed by atoms with van der Waals surface area (Å²) in [5.74, 6) is 0.278. The van der Waals surface area contributed by atoms with Crippen LogP contribution in [0.4, 0.5) is 0 Å². The van der Waals surface area contributed by atoms with Gasteiger partial charge in [0.15, 0.2) is 0 Å². The van der Waals surface area contributed by atoms with Crippen molar-refractivity contribution in [3.05, 3.63) is 58.9 Å². The Kier molecular flexibility index (Phi) is 4.62. The molecule has 138 valence electrons. The maximum atomic E-state index is 12.6. The monoisotopic (exact) mass is 352 g/mol. The third-order valence-electron chi connectivity index (χ3n) is 6.33. The molecule has 1 unspecified atom stereocenters. The Labute approximate surface area is 155 Å².